The van der Waals surface area contributed by atoms with Gasteiger partial charge in [0.2, 0.25) is 0 Å². The smallest absolute Gasteiger partial charge is 0.259 e. The highest BCUT2D eigenvalue weighted by Crippen LogP contribution is 2.15. The van der Waals surface area contributed by atoms with Gasteiger partial charge in [0.15, 0.2) is 5.82 Å². The molecule has 0 aliphatic carbocycles. The van der Waals surface area contributed by atoms with Crippen molar-refractivity contribution in [1.82, 2.24) is 15.1 Å². The Bertz CT molecular complexity index is 387. The van der Waals surface area contributed by atoms with Gasteiger partial charge in [0.1, 0.15) is 0 Å². The molecule has 66 valence electrons. The number of alkyl halides is 1. The molecule has 0 radical (unpaired) electrons. The van der Waals surface area contributed by atoms with Gasteiger partial charge in [-0.2, -0.15) is 4.98 Å². The fraction of sp³-hybridized carbons (Fsp3) is 0.125. The molecule has 0 aromatic carbocycles. The van der Waals surface area contributed by atoms with Crippen molar-refractivity contribution in [3.63, 3.8) is 0 Å². The molecule has 5 heteroatoms. The highest BCUT2D eigenvalue weighted by molar-refractivity contribution is 6.16. The van der Waals surface area contributed by atoms with Crippen molar-refractivity contribution >= 4 is 11.6 Å². The molecule has 2 heterocycles. The summed E-state index contributed by atoms with van der Waals surface area (Å²) in [6, 6.07) is 3.65. The van der Waals surface area contributed by atoms with E-state index in [1.54, 1.807) is 18.5 Å². The molecule has 4 nitrogen and oxygen atoms in total. The minimum Gasteiger partial charge on any atom is -0.334 e. The number of rotatable bonds is 2. The number of pyridine rings is 1. The molecule has 0 atom stereocenters. The Morgan fingerprint density at radius 3 is 3.00 bits per heavy atom. The Kier molecular flexibility index (Phi) is 2.23. The molecule has 0 N–H and O–H groups in total. The highest BCUT2D eigenvalue weighted by Gasteiger charge is 2.06. The molecular formula is C8H6ClN3O. The average molecular weight is 196 g/mol. The first-order chi connectivity index (χ1) is 6.40. The second-order valence-electron chi connectivity index (χ2n) is 2.39. The first-order valence-electron chi connectivity index (χ1n) is 3.69. The van der Waals surface area contributed by atoms with E-state index in [1.807, 2.05) is 6.07 Å². The van der Waals surface area contributed by atoms with Crippen molar-refractivity contribution in [2.75, 3.05) is 0 Å². The molecule has 2 aromatic rings. The summed E-state index contributed by atoms with van der Waals surface area (Å²) < 4.78 is 4.96. The zero-order valence-corrected chi connectivity index (χ0v) is 7.40. The van der Waals surface area contributed by atoms with Crippen LogP contribution in [0.25, 0.3) is 11.5 Å². The Hall–Kier alpha value is -1.42. The zero-order valence-electron chi connectivity index (χ0n) is 6.64. The number of hydrogen-bond acceptors (Lipinski definition) is 4. The molecule has 0 spiro atoms. The Labute approximate surface area is 79.6 Å². The van der Waals surface area contributed by atoms with E-state index in [0.717, 1.165) is 5.56 Å². The van der Waals surface area contributed by atoms with Crippen molar-refractivity contribution < 1.29 is 4.52 Å². The summed E-state index contributed by atoms with van der Waals surface area (Å²) in [6.45, 7) is 0. The summed E-state index contributed by atoms with van der Waals surface area (Å²) in [5.41, 5.74) is 0.798. The van der Waals surface area contributed by atoms with Crippen molar-refractivity contribution in [2.45, 2.75) is 5.88 Å². The van der Waals surface area contributed by atoms with Crippen LogP contribution in [-0.2, 0) is 5.88 Å². The number of halogens is 1. The van der Waals surface area contributed by atoms with Gasteiger partial charge in [0.05, 0.1) is 11.4 Å². The fourth-order valence-electron chi connectivity index (χ4n) is 0.915. The van der Waals surface area contributed by atoms with E-state index in [0.29, 0.717) is 11.7 Å². The fourth-order valence-corrected chi connectivity index (χ4v) is 1.02. The van der Waals surface area contributed by atoms with Gasteiger partial charge < -0.3 is 4.52 Å². The van der Waals surface area contributed by atoms with Crippen LogP contribution in [0.2, 0.25) is 0 Å². The molecule has 0 aliphatic heterocycles. The van der Waals surface area contributed by atoms with Gasteiger partial charge in [-0.3, -0.25) is 4.98 Å². The summed E-state index contributed by atoms with van der Waals surface area (Å²) in [6.07, 6.45) is 3.34. The van der Waals surface area contributed by atoms with E-state index < -0.39 is 0 Å². The third-order valence-electron chi connectivity index (χ3n) is 1.50. The molecule has 0 saturated heterocycles. The van der Waals surface area contributed by atoms with Gasteiger partial charge in [-0.1, -0.05) is 5.16 Å². The molecule has 0 saturated carbocycles. The van der Waals surface area contributed by atoms with Gasteiger partial charge in [0, 0.05) is 12.4 Å². The van der Waals surface area contributed by atoms with Crippen LogP contribution in [0.15, 0.2) is 29.0 Å². The highest BCUT2D eigenvalue weighted by atomic mass is 35.5. The van der Waals surface area contributed by atoms with Crippen molar-refractivity contribution in [1.29, 1.82) is 0 Å². The minimum atomic E-state index is 0.254. The van der Waals surface area contributed by atoms with Gasteiger partial charge in [-0.25, -0.2) is 0 Å². The summed E-state index contributed by atoms with van der Waals surface area (Å²) in [5.74, 6) is 1.19. The van der Waals surface area contributed by atoms with Crippen molar-refractivity contribution in [3.05, 3.63) is 30.4 Å². The lowest BCUT2D eigenvalue weighted by molar-refractivity contribution is 0.425. The number of aromatic nitrogens is 3. The predicted octanol–water partition coefficient (Wildman–Crippen LogP) is 1.87. The van der Waals surface area contributed by atoms with Crippen molar-refractivity contribution in [3.8, 4) is 11.5 Å². The van der Waals surface area contributed by atoms with E-state index >= 15 is 0 Å². The lowest BCUT2D eigenvalue weighted by Crippen LogP contribution is -1.81. The number of hydrogen-bond donors (Lipinski definition) is 0. The topological polar surface area (TPSA) is 51.8 Å². The van der Waals surface area contributed by atoms with E-state index in [-0.39, 0.29) is 5.88 Å². The largest absolute Gasteiger partial charge is 0.334 e. The molecule has 2 aromatic heterocycles. The second kappa shape index (κ2) is 3.53. The van der Waals surface area contributed by atoms with Crippen LogP contribution >= 0.6 is 11.6 Å². The summed E-state index contributed by atoms with van der Waals surface area (Å²) in [7, 11) is 0. The van der Waals surface area contributed by atoms with Gasteiger partial charge in [-0.05, 0) is 12.1 Å². The maximum absolute atomic E-state index is 5.53. The molecule has 0 aliphatic rings. The van der Waals surface area contributed by atoms with E-state index in [2.05, 4.69) is 15.1 Å². The minimum absolute atomic E-state index is 0.254. The maximum atomic E-state index is 5.53. The second-order valence-corrected chi connectivity index (χ2v) is 2.66. The molecule has 2 rings (SSSR count). The standard InChI is InChI=1S/C8H6ClN3O/c9-4-7-11-8(13-12-7)6-2-1-3-10-5-6/h1-3,5H,4H2. The van der Waals surface area contributed by atoms with E-state index in [1.165, 1.54) is 0 Å². The zero-order chi connectivity index (χ0) is 9.10. The Morgan fingerprint density at radius 2 is 2.38 bits per heavy atom. The van der Waals surface area contributed by atoms with Crippen LogP contribution in [0.5, 0.6) is 0 Å². The molecule has 0 amide bonds. The quantitative estimate of drug-likeness (QED) is 0.687. The normalized spacial score (nSPS) is 10.2. The van der Waals surface area contributed by atoms with E-state index in [9.17, 15) is 0 Å². The summed E-state index contributed by atoms with van der Waals surface area (Å²) in [4.78, 5) is 7.98. The molecular weight excluding hydrogens is 190 g/mol. The van der Waals surface area contributed by atoms with E-state index in [4.69, 9.17) is 16.1 Å². The molecule has 0 unspecified atom stereocenters. The lowest BCUT2D eigenvalue weighted by Gasteiger charge is -1.89. The van der Waals surface area contributed by atoms with Crippen LogP contribution in [0, 0.1) is 0 Å². The van der Waals surface area contributed by atoms with Crippen molar-refractivity contribution in [2.24, 2.45) is 0 Å². The summed E-state index contributed by atoms with van der Waals surface area (Å²) in [5, 5.41) is 3.67. The lowest BCUT2D eigenvalue weighted by atomic mass is 10.3. The molecule has 13 heavy (non-hydrogen) atoms. The summed E-state index contributed by atoms with van der Waals surface area (Å²) >= 11 is 5.53. The van der Waals surface area contributed by atoms with Gasteiger partial charge in [-0.15, -0.1) is 11.6 Å². The third-order valence-corrected chi connectivity index (χ3v) is 1.74. The van der Waals surface area contributed by atoms with Gasteiger partial charge >= 0.3 is 0 Å². The Morgan fingerprint density at radius 1 is 1.46 bits per heavy atom. The van der Waals surface area contributed by atoms with Gasteiger partial charge in [0.25, 0.3) is 5.89 Å². The Balaban J connectivity index is 2.36. The predicted molar refractivity (Wildman–Crippen MR) is 47.1 cm³/mol. The first-order valence-corrected chi connectivity index (χ1v) is 4.22. The molecule has 0 bridgehead atoms. The van der Waals surface area contributed by atoms with Crippen LogP contribution in [0.4, 0.5) is 0 Å². The van der Waals surface area contributed by atoms with Crippen LogP contribution in [0.3, 0.4) is 0 Å². The number of nitrogens with zero attached hydrogens (tertiary/aromatic N) is 3. The van der Waals surface area contributed by atoms with Crippen LogP contribution in [0.1, 0.15) is 5.82 Å². The monoisotopic (exact) mass is 195 g/mol. The molecule has 0 fully saturated rings. The van der Waals surface area contributed by atoms with Crippen LogP contribution in [-0.4, -0.2) is 15.1 Å². The first kappa shape index (κ1) is 8.19. The maximum Gasteiger partial charge on any atom is 0.259 e. The third kappa shape index (κ3) is 1.67. The average Bonchev–Trinajstić information content (AvgIpc) is 2.67. The van der Waals surface area contributed by atoms with Crippen LogP contribution < -0.4 is 0 Å². The SMILES string of the molecule is ClCc1noc(-c2cccnc2)n1.